The molecule has 3 aromatic rings. The summed E-state index contributed by atoms with van der Waals surface area (Å²) in [6, 6.07) is 3.55. The molecule has 21 heavy (non-hydrogen) atoms. The lowest BCUT2D eigenvalue weighted by molar-refractivity contribution is 0.398. The van der Waals surface area contributed by atoms with Crippen molar-refractivity contribution >= 4 is 33.8 Å². The zero-order valence-corrected chi connectivity index (χ0v) is 13.2. The highest BCUT2D eigenvalue weighted by molar-refractivity contribution is 7.09. The van der Waals surface area contributed by atoms with Gasteiger partial charge in [0.15, 0.2) is 5.82 Å². The van der Waals surface area contributed by atoms with Gasteiger partial charge in [0.1, 0.15) is 22.3 Å². The third kappa shape index (κ3) is 2.52. The van der Waals surface area contributed by atoms with Crippen molar-refractivity contribution in [3.05, 3.63) is 27.7 Å². The summed E-state index contributed by atoms with van der Waals surface area (Å²) in [7, 11) is 3.16. The molecule has 1 aromatic carbocycles. The number of ether oxygens (including phenoxy) is 2. The van der Waals surface area contributed by atoms with E-state index < -0.39 is 0 Å². The fourth-order valence-corrected chi connectivity index (χ4v) is 2.88. The van der Waals surface area contributed by atoms with E-state index in [9.17, 15) is 0 Å². The van der Waals surface area contributed by atoms with Crippen molar-refractivity contribution in [2.24, 2.45) is 0 Å². The smallest absolute Gasteiger partial charge is 0.181 e. The summed E-state index contributed by atoms with van der Waals surface area (Å²) >= 11 is 7.84. The lowest BCUT2D eigenvalue weighted by atomic mass is 10.2. The van der Waals surface area contributed by atoms with Crippen LogP contribution in [-0.2, 0) is 0 Å². The Hall–Kier alpha value is -1.92. The topological polar surface area (TPSA) is 57.1 Å². The number of fused-ring (bicyclic) bond motifs is 1. The highest BCUT2D eigenvalue weighted by atomic mass is 35.5. The molecule has 0 unspecified atom stereocenters. The van der Waals surface area contributed by atoms with Crippen LogP contribution >= 0.6 is 22.9 Å². The molecule has 0 aliphatic carbocycles. The molecule has 0 N–H and O–H groups in total. The van der Waals surface area contributed by atoms with Gasteiger partial charge in [-0.25, -0.2) is 15.0 Å². The first-order valence-electron chi connectivity index (χ1n) is 6.14. The maximum Gasteiger partial charge on any atom is 0.181 e. The molecule has 0 aliphatic rings. The van der Waals surface area contributed by atoms with Gasteiger partial charge in [-0.05, 0) is 6.92 Å². The van der Waals surface area contributed by atoms with Crippen molar-refractivity contribution in [2.45, 2.75) is 6.92 Å². The molecular formula is C14H12ClN3O2S. The number of methoxy groups -OCH3 is 2. The number of rotatable bonds is 3. The van der Waals surface area contributed by atoms with E-state index in [1.54, 1.807) is 37.7 Å². The molecule has 7 heteroatoms. The van der Waals surface area contributed by atoms with Crippen LogP contribution in [0.4, 0.5) is 0 Å². The van der Waals surface area contributed by atoms with E-state index in [0.717, 1.165) is 5.01 Å². The third-order valence-electron chi connectivity index (χ3n) is 3.00. The van der Waals surface area contributed by atoms with Crippen LogP contribution in [0, 0.1) is 6.92 Å². The Bertz CT molecular complexity index is 819. The Morgan fingerprint density at radius 2 is 1.90 bits per heavy atom. The second-order valence-corrected chi connectivity index (χ2v) is 5.73. The number of halogens is 1. The minimum Gasteiger partial charge on any atom is -0.497 e. The average molecular weight is 322 g/mol. The summed E-state index contributed by atoms with van der Waals surface area (Å²) in [5.74, 6) is 1.72. The summed E-state index contributed by atoms with van der Waals surface area (Å²) in [6.07, 6.45) is 0. The molecule has 0 atom stereocenters. The molecule has 0 amide bonds. The Kier molecular flexibility index (Phi) is 3.65. The standard InChI is InChI=1S/C14H12ClN3O2S/c1-7-16-10(6-21-7)14-17-9-4-8(19-2)5-11(20-3)12(9)13(15)18-14/h4-6H,1-3H3. The van der Waals surface area contributed by atoms with Crippen LogP contribution in [-0.4, -0.2) is 29.2 Å². The molecule has 0 saturated heterocycles. The van der Waals surface area contributed by atoms with Crippen LogP contribution in [0.25, 0.3) is 22.4 Å². The fraction of sp³-hybridized carbons (Fsp3) is 0.214. The van der Waals surface area contributed by atoms with E-state index in [2.05, 4.69) is 15.0 Å². The number of aromatic nitrogens is 3. The van der Waals surface area contributed by atoms with Crippen LogP contribution in [0.1, 0.15) is 5.01 Å². The van der Waals surface area contributed by atoms with Crippen LogP contribution in [0.3, 0.4) is 0 Å². The molecule has 0 aliphatic heterocycles. The maximum atomic E-state index is 6.30. The molecule has 3 rings (SSSR count). The van der Waals surface area contributed by atoms with Crippen molar-refractivity contribution in [2.75, 3.05) is 14.2 Å². The summed E-state index contributed by atoms with van der Waals surface area (Å²) in [4.78, 5) is 13.2. The predicted octanol–water partition coefficient (Wildman–Crippen LogP) is 3.73. The molecular weight excluding hydrogens is 310 g/mol. The Labute approximate surface area is 130 Å². The second kappa shape index (κ2) is 5.46. The quantitative estimate of drug-likeness (QED) is 0.688. The SMILES string of the molecule is COc1cc(OC)c2c(Cl)nc(-c3csc(C)n3)nc2c1. The molecule has 0 radical (unpaired) electrons. The Balaban J connectivity index is 2.27. The van der Waals surface area contributed by atoms with Crippen molar-refractivity contribution in [1.29, 1.82) is 0 Å². The first kappa shape index (κ1) is 14.0. The van der Waals surface area contributed by atoms with E-state index in [1.165, 1.54) is 0 Å². The highest BCUT2D eigenvalue weighted by Crippen LogP contribution is 2.35. The minimum atomic E-state index is 0.333. The summed E-state index contributed by atoms with van der Waals surface area (Å²) in [6.45, 7) is 1.93. The van der Waals surface area contributed by atoms with E-state index >= 15 is 0 Å². The zero-order valence-electron chi connectivity index (χ0n) is 11.7. The molecule has 108 valence electrons. The van der Waals surface area contributed by atoms with Gasteiger partial charge in [0.25, 0.3) is 0 Å². The molecule has 0 spiro atoms. The first-order chi connectivity index (χ1) is 10.1. The monoisotopic (exact) mass is 321 g/mol. The van der Waals surface area contributed by atoms with Crippen LogP contribution in [0.15, 0.2) is 17.5 Å². The summed E-state index contributed by atoms with van der Waals surface area (Å²) in [5.41, 5.74) is 1.37. The van der Waals surface area contributed by atoms with E-state index in [-0.39, 0.29) is 0 Å². The van der Waals surface area contributed by atoms with E-state index in [0.29, 0.717) is 39.1 Å². The van der Waals surface area contributed by atoms with Crippen LogP contribution in [0.5, 0.6) is 11.5 Å². The fourth-order valence-electron chi connectivity index (χ4n) is 2.02. The van der Waals surface area contributed by atoms with Crippen LogP contribution < -0.4 is 9.47 Å². The van der Waals surface area contributed by atoms with Crippen molar-refractivity contribution in [1.82, 2.24) is 15.0 Å². The molecule has 0 bridgehead atoms. The van der Waals surface area contributed by atoms with Gasteiger partial charge in [0.05, 0.1) is 30.1 Å². The van der Waals surface area contributed by atoms with Gasteiger partial charge in [-0.3, -0.25) is 0 Å². The lowest BCUT2D eigenvalue weighted by Gasteiger charge is -2.10. The molecule has 0 saturated carbocycles. The average Bonchev–Trinajstić information content (AvgIpc) is 2.92. The van der Waals surface area contributed by atoms with Crippen molar-refractivity contribution in [3.8, 4) is 23.0 Å². The van der Waals surface area contributed by atoms with Gasteiger partial charge in [0.2, 0.25) is 0 Å². The normalized spacial score (nSPS) is 10.9. The second-order valence-electron chi connectivity index (χ2n) is 4.31. The Morgan fingerprint density at radius 3 is 2.52 bits per heavy atom. The van der Waals surface area contributed by atoms with Crippen molar-refractivity contribution < 1.29 is 9.47 Å². The number of thiazole rings is 1. The van der Waals surface area contributed by atoms with E-state index in [4.69, 9.17) is 21.1 Å². The number of aryl methyl sites for hydroxylation is 1. The van der Waals surface area contributed by atoms with Gasteiger partial charge in [-0.2, -0.15) is 0 Å². The number of hydrogen-bond acceptors (Lipinski definition) is 6. The van der Waals surface area contributed by atoms with Crippen molar-refractivity contribution in [3.63, 3.8) is 0 Å². The van der Waals surface area contributed by atoms with E-state index in [1.807, 2.05) is 12.3 Å². The first-order valence-corrected chi connectivity index (χ1v) is 7.40. The van der Waals surface area contributed by atoms with Gasteiger partial charge in [-0.1, -0.05) is 11.6 Å². The van der Waals surface area contributed by atoms with Gasteiger partial charge < -0.3 is 9.47 Å². The predicted molar refractivity (Wildman–Crippen MR) is 83.5 cm³/mol. The number of hydrogen-bond donors (Lipinski definition) is 0. The zero-order chi connectivity index (χ0) is 15.0. The lowest BCUT2D eigenvalue weighted by Crippen LogP contribution is -1.96. The Morgan fingerprint density at radius 1 is 1.10 bits per heavy atom. The minimum absolute atomic E-state index is 0.333. The number of benzene rings is 1. The van der Waals surface area contributed by atoms with Gasteiger partial charge in [-0.15, -0.1) is 11.3 Å². The van der Waals surface area contributed by atoms with Gasteiger partial charge >= 0.3 is 0 Å². The molecule has 2 heterocycles. The summed E-state index contributed by atoms with van der Waals surface area (Å²) < 4.78 is 10.6. The summed E-state index contributed by atoms with van der Waals surface area (Å²) in [5, 5.41) is 3.86. The maximum absolute atomic E-state index is 6.30. The highest BCUT2D eigenvalue weighted by Gasteiger charge is 2.15. The number of nitrogens with zero attached hydrogens (tertiary/aromatic N) is 3. The molecule has 5 nitrogen and oxygen atoms in total. The van der Waals surface area contributed by atoms with Gasteiger partial charge in [0, 0.05) is 17.5 Å². The molecule has 2 aromatic heterocycles. The van der Waals surface area contributed by atoms with Crippen LogP contribution in [0.2, 0.25) is 5.15 Å². The third-order valence-corrected chi connectivity index (χ3v) is 4.04. The largest absolute Gasteiger partial charge is 0.497 e. The molecule has 0 fully saturated rings.